The maximum Gasteiger partial charge on any atom is 0.375 e. The standard InChI is InChI=1S/C4H5N3O3/c8-2-7-1-5-3(6-7)4(9)10/h1,8H,2H2,(H,9,10). The molecule has 0 atom stereocenters. The summed E-state index contributed by atoms with van der Waals surface area (Å²) in [6.45, 7) is -0.361. The van der Waals surface area contributed by atoms with Gasteiger partial charge in [-0.1, -0.05) is 0 Å². The average Bonchev–Trinajstić information content (AvgIpc) is 2.34. The van der Waals surface area contributed by atoms with Crippen molar-refractivity contribution >= 4 is 5.97 Å². The van der Waals surface area contributed by atoms with Crippen molar-refractivity contribution in [1.29, 1.82) is 0 Å². The smallest absolute Gasteiger partial charge is 0.375 e. The summed E-state index contributed by atoms with van der Waals surface area (Å²) < 4.78 is 1.02. The van der Waals surface area contributed by atoms with Crippen molar-refractivity contribution in [3.05, 3.63) is 12.2 Å². The number of carboxylic acid groups (broad SMARTS) is 1. The van der Waals surface area contributed by atoms with Crippen molar-refractivity contribution in [1.82, 2.24) is 14.8 Å². The van der Waals surface area contributed by atoms with Crippen LogP contribution in [0.4, 0.5) is 0 Å². The first-order chi connectivity index (χ1) is 4.74. The average molecular weight is 143 g/mol. The van der Waals surface area contributed by atoms with E-state index in [4.69, 9.17) is 10.2 Å². The Hall–Kier alpha value is -1.43. The van der Waals surface area contributed by atoms with Gasteiger partial charge in [0, 0.05) is 0 Å². The molecule has 0 aromatic carbocycles. The molecular weight excluding hydrogens is 138 g/mol. The van der Waals surface area contributed by atoms with Gasteiger partial charge in [-0.2, -0.15) is 0 Å². The number of hydrogen-bond acceptors (Lipinski definition) is 4. The zero-order valence-corrected chi connectivity index (χ0v) is 4.93. The molecule has 1 heterocycles. The van der Waals surface area contributed by atoms with Crippen molar-refractivity contribution in [2.75, 3.05) is 0 Å². The number of aromatic nitrogens is 3. The summed E-state index contributed by atoms with van der Waals surface area (Å²) in [5.41, 5.74) is 0. The van der Waals surface area contributed by atoms with Crippen LogP contribution in [-0.2, 0) is 6.73 Å². The monoisotopic (exact) mass is 143 g/mol. The number of hydrogen-bond donors (Lipinski definition) is 2. The lowest BCUT2D eigenvalue weighted by molar-refractivity contribution is 0.0682. The van der Waals surface area contributed by atoms with Gasteiger partial charge in [-0.3, -0.25) is 0 Å². The highest BCUT2D eigenvalue weighted by Crippen LogP contribution is 1.87. The molecule has 0 saturated heterocycles. The van der Waals surface area contributed by atoms with Gasteiger partial charge >= 0.3 is 5.97 Å². The predicted molar refractivity (Wildman–Crippen MR) is 29.2 cm³/mol. The van der Waals surface area contributed by atoms with Gasteiger partial charge in [0.05, 0.1) is 0 Å². The van der Waals surface area contributed by atoms with Gasteiger partial charge in [0.2, 0.25) is 0 Å². The summed E-state index contributed by atoms with van der Waals surface area (Å²) in [5, 5.41) is 20.1. The molecule has 1 aromatic rings. The highest BCUT2D eigenvalue weighted by molar-refractivity contribution is 5.82. The molecule has 0 aliphatic rings. The molecule has 0 amide bonds. The van der Waals surface area contributed by atoms with Crippen LogP contribution in [0.3, 0.4) is 0 Å². The van der Waals surface area contributed by atoms with Gasteiger partial charge in [0.1, 0.15) is 13.1 Å². The number of aromatic carboxylic acids is 1. The summed E-state index contributed by atoms with van der Waals surface area (Å²) in [6.07, 6.45) is 1.14. The Kier molecular flexibility index (Phi) is 1.63. The summed E-state index contributed by atoms with van der Waals surface area (Å²) in [4.78, 5) is 13.5. The fourth-order valence-electron chi connectivity index (χ4n) is 0.461. The number of carboxylic acids is 1. The van der Waals surface area contributed by atoms with Gasteiger partial charge in [0.25, 0.3) is 5.82 Å². The van der Waals surface area contributed by atoms with Crippen LogP contribution in [0.1, 0.15) is 10.6 Å². The highest BCUT2D eigenvalue weighted by atomic mass is 16.4. The molecule has 0 saturated carbocycles. The Bertz CT molecular complexity index is 244. The van der Waals surface area contributed by atoms with Gasteiger partial charge in [-0.15, -0.1) is 5.10 Å². The molecule has 1 aromatic heterocycles. The SMILES string of the molecule is O=C(O)c1ncn(CO)n1. The third-order valence-electron chi connectivity index (χ3n) is 0.873. The van der Waals surface area contributed by atoms with Crippen LogP contribution in [0.25, 0.3) is 0 Å². The van der Waals surface area contributed by atoms with Gasteiger partial charge in [0.15, 0.2) is 0 Å². The van der Waals surface area contributed by atoms with E-state index in [0.717, 1.165) is 11.0 Å². The topological polar surface area (TPSA) is 88.2 Å². The molecule has 54 valence electrons. The Labute approximate surface area is 55.7 Å². The van der Waals surface area contributed by atoms with Crippen LogP contribution in [0.2, 0.25) is 0 Å². The molecular formula is C4H5N3O3. The predicted octanol–water partition coefficient (Wildman–Crippen LogP) is -1.07. The van der Waals surface area contributed by atoms with Gasteiger partial charge in [-0.05, 0) is 0 Å². The van der Waals surface area contributed by atoms with Crippen molar-refractivity contribution in [3.8, 4) is 0 Å². The van der Waals surface area contributed by atoms with Crippen molar-refractivity contribution in [2.24, 2.45) is 0 Å². The lowest BCUT2D eigenvalue weighted by Gasteiger charge is -1.86. The van der Waals surface area contributed by atoms with Crippen LogP contribution in [0.15, 0.2) is 6.33 Å². The van der Waals surface area contributed by atoms with E-state index >= 15 is 0 Å². The molecule has 1 rings (SSSR count). The van der Waals surface area contributed by atoms with E-state index in [9.17, 15) is 4.79 Å². The second kappa shape index (κ2) is 2.44. The summed E-state index contributed by atoms with van der Waals surface area (Å²) in [6, 6.07) is 0. The van der Waals surface area contributed by atoms with Crippen LogP contribution in [0.5, 0.6) is 0 Å². The fourth-order valence-corrected chi connectivity index (χ4v) is 0.461. The molecule has 0 spiro atoms. The number of nitrogens with zero attached hydrogens (tertiary/aromatic N) is 3. The lowest BCUT2D eigenvalue weighted by Crippen LogP contribution is -2.02. The van der Waals surface area contributed by atoms with Crippen molar-refractivity contribution < 1.29 is 15.0 Å². The Morgan fingerprint density at radius 3 is 2.80 bits per heavy atom. The van der Waals surface area contributed by atoms with E-state index in [1.54, 1.807) is 0 Å². The van der Waals surface area contributed by atoms with E-state index in [2.05, 4.69) is 10.1 Å². The summed E-state index contributed by atoms with van der Waals surface area (Å²) in [7, 11) is 0. The quantitative estimate of drug-likeness (QED) is 0.550. The fraction of sp³-hybridized carbons (Fsp3) is 0.250. The maximum atomic E-state index is 10.1. The number of aliphatic hydroxyl groups is 1. The second-order valence-corrected chi connectivity index (χ2v) is 1.55. The number of rotatable bonds is 2. The van der Waals surface area contributed by atoms with Crippen LogP contribution in [-0.4, -0.2) is 30.9 Å². The van der Waals surface area contributed by atoms with Crippen LogP contribution < -0.4 is 0 Å². The van der Waals surface area contributed by atoms with Gasteiger partial charge < -0.3 is 10.2 Å². The molecule has 2 N–H and O–H groups in total. The second-order valence-electron chi connectivity index (χ2n) is 1.55. The van der Waals surface area contributed by atoms with Gasteiger partial charge in [-0.25, -0.2) is 14.5 Å². The molecule has 0 aliphatic heterocycles. The Morgan fingerprint density at radius 2 is 2.50 bits per heavy atom. The summed E-state index contributed by atoms with van der Waals surface area (Å²) in [5.74, 6) is -1.51. The Morgan fingerprint density at radius 1 is 1.80 bits per heavy atom. The molecule has 0 fully saturated rings. The first-order valence-electron chi connectivity index (χ1n) is 2.47. The third-order valence-corrected chi connectivity index (χ3v) is 0.873. The minimum Gasteiger partial charge on any atom is -0.475 e. The molecule has 0 unspecified atom stereocenters. The first-order valence-corrected chi connectivity index (χ1v) is 2.47. The molecule has 0 bridgehead atoms. The summed E-state index contributed by atoms with van der Waals surface area (Å²) >= 11 is 0. The molecule has 0 aliphatic carbocycles. The molecule has 6 heteroatoms. The Balaban J connectivity index is 2.88. The minimum absolute atomic E-state index is 0.311. The maximum absolute atomic E-state index is 10.1. The van der Waals surface area contributed by atoms with E-state index in [-0.39, 0.29) is 12.6 Å². The normalized spacial score (nSPS) is 9.70. The van der Waals surface area contributed by atoms with E-state index in [0.29, 0.717) is 0 Å². The zero-order chi connectivity index (χ0) is 7.56. The zero-order valence-electron chi connectivity index (χ0n) is 4.93. The van der Waals surface area contributed by atoms with Crippen molar-refractivity contribution in [2.45, 2.75) is 6.73 Å². The molecule has 6 nitrogen and oxygen atoms in total. The van der Waals surface area contributed by atoms with Crippen LogP contribution in [0, 0.1) is 0 Å². The van der Waals surface area contributed by atoms with E-state index < -0.39 is 5.97 Å². The van der Waals surface area contributed by atoms with Crippen molar-refractivity contribution in [3.63, 3.8) is 0 Å². The minimum atomic E-state index is -1.20. The molecule has 0 radical (unpaired) electrons. The van der Waals surface area contributed by atoms with Crippen LogP contribution >= 0.6 is 0 Å². The first kappa shape index (κ1) is 6.69. The van der Waals surface area contributed by atoms with E-state index in [1.807, 2.05) is 0 Å². The largest absolute Gasteiger partial charge is 0.475 e. The molecule has 10 heavy (non-hydrogen) atoms. The highest BCUT2D eigenvalue weighted by Gasteiger charge is 2.06. The number of aliphatic hydroxyl groups excluding tert-OH is 1. The lowest BCUT2D eigenvalue weighted by atomic mass is 10.7. The third kappa shape index (κ3) is 1.11. The van der Waals surface area contributed by atoms with E-state index in [1.165, 1.54) is 0 Å². The number of carbonyl (C=O) groups is 1.